The minimum Gasteiger partial charge on any atom is -0.384 e. The van der Waals surface area contributed by atoms with Gasteiger partial charge in [0.05, 0.1) is 0 Å². The van der Waals surface area contributed by atoms with Crippen LogP contribution < -0.4 is 5.73 Å². The van der Waals surface area contributed by atoms with Crippen molar-refractivity contribution < 1.29 is 0 Å². The number of hydrogen-bond acceptors (Lipinski definition) is 5. The van der Waals surface area contributed by atoms with E-state index in [4.69, 9.17) is 5.73 Å². The lowest BCUT2D eigenvalue weighted by atomic mass is 9.96. The van der Waals surface area contributed by atoms with Crippen LogP contribution >= 0.6 is 11.8 Å². The zero-order chi connectivity index (χ0) is 13.3. The maximum Gasteiger partial charge on any atom is 0.174 e. The largest absolute Gasteiger partial charge is 0.384 e. The molecule has 18 heavy (non-hydrogen) atoms. The van der Waals surface area contributed by atoms with Gasteiger partial charge in [0.25, 0.3) is 0 Å². The Morgan fingerprint density at radius 3 is 2.56 bits per heavy atom. The predicted octanol–water partition coefficient (Wildman–Crippen LogP) is 2.24. The lowest BCUT2D eigenvalue weighted by molar-refractivity contribution is 0.539. The minimum absolute atomic E-state index is 0.119. The van der Waals surface area contributed by atoms with E-state index in [2.05, 4.69) is 35.7 Å². The molecule has 6 heteroatoms. The van der Waals surface area contributed by atoms with Gasteiger partial charge < -0.3 is 10.3 Å². The van der Waals surface area contributed by atoms with Crippen molar-refractivity contribution >= 4 is 17.6 Å². The van der Waals surface area contributed by atoms with Crippen molar-refractivity contribution in [3.05, 3.63) is 24.3 Å². The van der Waals surface area contributed by atoms with Crippen LogP contribution in [-0.4, -0.2) is 19.5 Å². The first kappa shape index (κ1) is 12.9. The number of nitrogens with zero attached hydrogens (tertiary/aromatic N) is 4. The molecule has 0 saturated carbocycles. The number of anilines is 1. The Morgan fingerprint density at radius 2 is 2.00 bits per heavy atom. The van der Waals surface area contributed by atoms with Gasteiger partial charge in [-0.1, -0.05) is 20.8 Å². The molecule has 2 N–H and O–H groups in total. The van der Waals surface area contributed by atoms with E-state index in [1.807, 2.05) is 17.8 Å². The van der Waals surface area contributed by atoms with Gasteiger partial charge >= 0.3 is 0 Å². The van der Waals surface area contributed by atoms with Gasteiger partial charge in [0.2, 0.25) is 0 Å². The van der Waals surface area contributed by atoms with Crippen molar-refractivity contribution in [3.63, 3.8) is 0 Å². The van der Waals surface area contributed by atoms with Crippen LogP contribution in [0.4, 0.5) is 5.82 Å². The van der Waals surface area contributed by atoms with E-state index in [1.165, 1.54) is 11.8 Å². The highest BCUT2D eigenvalue weighted by molar-refractivity contribution is 7.99. The molecule has 2 aromatic rings. The van der Waals surface area contributed by atoms with Crippen LogP contribution in [0.2, 0.25) is 0 Å². The van der Waals surface area contributed by atoms with Crippen LogP contribution in [-0.2, 0) is 12.5 Å². The van der Waals surface area contributed by atoms with Gasteiger partial charge in [0.1, 0.15) is 16.7 Å². The average Bonchev–Trinajstić information content (AvgIpc) is 2.62. The molecule has 96 valence electrons. The first-order valence-corrected chi connectivity index (χ1v) is 6.48. The summed E-state index contributed by atoms with van der Waals surface area (Å²) in [7, 11) is 1.95. The number of rotatable bonds is 2. The van der Waals surface area contributed by atoms with Crippen molar-refractivity contribution in [2.75, 3.05) is 5.73 Å². The molecule has 0 aliphatic heterocycles. The molecular formula is C12H17N5S. The smallest absolute Gasteiger partial charge is 0.174 e. The minimum atomic E-state index is -0.119. The molecule has 0 spiro atoms. The first-order chi connectivity index (χ1) is 8.36. The molecule has 0 unspecified atom stereocenters. The molecule has 0 amide bonds. The maximum atomic E-state index is 5.83. The Hall–Kier alpha value is -1.56. The molecule has 5 nitrogen and oxygen atoms in total. The summed E-state index contributed by atoms with van der Waals surface area (Å²) in [4.78, 5) is 13.1. The molecule has 0 radical (unpaired) electrons. The SMILES string of the molecule is Cn1ccnc1Sc1cc(N)nc(C(C)(C)C)n1. The fraction of sp³-hybridized carbons (Fsp3) is 0.417. The molecule has 0 aliphatic rings. The number of nitrogens with two attached hydrogens (primary N) is 1. The van der Waals surface area contributed by atoms with Gasteiger partial charge in [-0.25, -0.2) is 15.0 Å². The van der Waals surface area contributed by atoms with E-state index in [9.17, 15) is 0 Å². The van der Waals surface area contributed by atoms with Crippen molar-refractivity contribution in [2.45, 2.75) is 36.4 Å². The van der Waals surface area contributed by atoms with E-state index >= 15 is 0 Å². The highest BCUT2D eigenvalue weighted by Crippen LogP contribution is 2.27. The van der Waals surface area contributed by atoms with E-state index in [0.29, 0.717) is 5.82 Å². The summed E-state index contributed by atoms with van der Waals surface area (Å²) < 4.78 is 1.94. The molecule has 0 bridgehead atoms. The van der Waals surface area contributed by atoms with Crippen molar-refractivity contribution in [2.24, 2.45) is 7.05 Å². The third-order valence-corrected chi connectivity index (χ3v) is 3.36. The Labute approximate surface area is 111 Å². The monoisotopic (exact) mass is 263 g/mol. The number of aryl methyl sites for hydroxylation is 1. The predicted molar refractivity (Wildman–Crippen MR) is 72.5 cm³/mol. The second-order valence-electron chi connectivity index (χ2n) is 5.13. The topological polar surface area (TPSA) is 69.6 Å². The van der Waals surface area contributed by atoms with Crippen LogP contribution in [0.15, 0.2) is 28.6 Å². The Bertz CT molecular complexity index is 556. The van der Waals surface area contributed by atoms with Crippen LogP contribution in [0.25, 0.3) is 0 Å². The second kappa shape index (κ2) is 4.61. The van der Waals surface area contributed by atoms with Gasteiger partial charge in [-0.05, 0) is 11.8 Å². The lowest BCUT2D eigenvalue weighted by Gasteiger charge is -2.17. The summed E-state index contributed by atoms with van der Waals surface area (Å²) in [5.41, 5.74) is 5.71. The molecule has 2 aromatic heterocycles. The molecule has 2 rings (SSSR count). The summed E-state index contributed by atoms with van der Waals surface area (Å²) >= 11 is 1.49. The average molecular weight is 263 g/mol. The van der Waals surface area contributed by atoms with E-state index in [1.54, 1.807) is 12.3 Å². The third-order valence-electron chi connectivity index (χ3n) is 2.37. The molecular weight excluding hydrogens is 246 g/mol. The summed E-state index contributed by atoms with van der Waals surface area (Å²) in [6, 6.07) is 1.77. The zero-order valence-corrected chi connectivity index (χ0v) is 11.8. The quantitative estimate of drug-likeness (QED) is 0.841. The summed E-state index contributed by atoms with van der Waals surface area (Å²) in [5, 5.41) is 1.70. The van der Waals surface area contributed by atoms with Crippen LogP contribution in [0.1, 0.15) is 26.6 Å². The Morgan fingerprint density at radius 1 is 1.28 bits per heavy atom. The molecule has 0 saturated heterocycles. The number of aromatic nitrogens is 4. The van der Waals surface area contributed by atoms with E-state index in [-0.39, 0.29) is 5.41 Å². The molecule has 0 atom stereocenters. The first-order valence-electron chi connectivity index (χ1n) is 5.66. The van der Waals surface area contributed by atoms with Crippen LogP contribution in [0.3, 0.4) is 0 Å². The highest BCUT2D eigenvalue weighted by Gasteiger charge is 2.19. The van der Waals surface area contributed by atoms with Crippen LogP contribution in [0.5, 0.6) is 0 Å². The summed E-state index contributed by atoms with van der Waals surface area (Å²) in [5.74, 6) is 1.24. The van der Waals surface area contributed by atoms with Crippen molar-refractivity contribution in [1.82, 2.24) is 19.5 Å². The second-order valence-corrected chi connectivity index (χ2v) is 6.11. The maximum absolute atomic E-state index is 5.83. The Kier molecular flexibility index (Phi) is 3.30. The normalized spacial score (nSPS) is 11.8. The van der Waals surface area contributed by atoms with Gasteiger partial charge in [0.15, 0.2) is 5.16 Å². The molecule has 0 aliphatic carbocycles. The molecule has 2 heterocycles. The zero-order valence-electron chi connectivity index (χ0n) is 11.0. The number of imidazole rings is 1. The number of hydrogen-bond donors (Lipinski definition) is 1. The van der Waals surface area contributed by atoms with Gasteiger partial charge in [0, 0.05) is 30.9 Å². The fourth-order valence-electron chi connectivity index (χ4n) is 1.37. The lowest BCUT2D eigenvalue weighted by Crippen LogP contribution is -2.17. The van der Waals surface area contributed by atoms with Gasteiger partial charge in [-0.3, -0.25) is 0 Å². The van der Waals surface area contributed by atoms with E-state index < -0.39 is 0 Å². The summed E-state index contributed by atoms with van der Waals surface area (Å²) in [6.45, 7) is 6.20. The van der Waals surface area contributed by atoms with Crippen molar-refractivity contribution in [3.8, 4) is 0 Å². The Balaban J connectivity index is 2.35. The van der Waals surface area contributed by atoms with Crippen molar-refractivity contribution in [1.29, 1.82) is 0 Å². The number of nitrogen functional groups attached to an aromatic ring is 1. The van der Waals surface area contributed by atoms with Gasteiger partial charge in [-0.15, -0.1) is 0 Å². The van der Waals surface area contributed by atoms with Gasteiger partial charge in [-0.2, -0.15) is 0 Å². The van der Waals surface area contributed by atoms with Crippen LogP contribution in [0, 0.1) is 0 Å². The molecule has 0 aromatic carbocycles. The standard InChI is InChI=1S/C12H17N5S/c1-12(2,3)10-15-8(13)7-9(16-10)18-11-14-5-6-17(11)4/h5-7H,1-4H3,(H2,13,15,16). The molecule has 0 fully saturated rings. The fourth-order valence-corrected chi connectivity index (χ4v) is 2.19. The third kappa shape index (κ3) is 2.81. The van der Waals surface area contributed by atoms with E-state index in [0.717, 1.165) is 16.0 Å². The highest BCUT2D eigenvalue weighted by atomic mass is 32.2. The summed E-state index contributed by atoms with van der Waals surface area (Å²) in [6.07, 6.45) is 3.66.